The van der Waals surface area contributed by atoms with Crippen LogP contribution >= 0.6 is 11.8 Å². The van der Waals surface area contributed by atoms with Crippen LogP contribution in [0.4, 0.5) is 5.69 Å². The topological polar surface area (TPSA) is 109 Å². The number of fused-ring (bicyclic) bond motifs is 1. The molecule has 8 nitrogen and oxygen atoms in total. The van der Waals surface area contributed by atoms with Crippen LogP contribution in [0.2, 0.25) is 0 Å². The Morgan fingerprint density at radius 2 is 1.83 bits per heavy atom. The predicted octanol–water partition coefficient (Wildman–Crippen LogP) is 5.48. The molecular formula is C26H18N4O4S. The Morgan fingerprint density at radius 1 is 1.06 bits per heavy atom. The van der Waals surface area contributed by atoms with Gasteiger partial charge in [-0.25, -0.2) is 0 Å². The van der Waals surface area contributed by atoms with Crippen molar-refractivity contribution >= 4 is 46.1 Å². The fourth-order valence-electron chi connectivity index (χ4n) is 3.66. The van der Waals surface area contributed by atoms with E-state index in [0.29, 0.717) is 16.5 Å². The van der Waals surface area contributed by atoms with Gasteiger partial charge in [-0.2, -0.15) is 4.99 Å². The number of nitro groups is 1. The zero-order valence-electron chi connectivity index (χ0n) is 18.3. The second-order valence-corrected chi connectivity index (χ2v) is 8.55. The second kappa shape index (κ2) is 9.40. The number of nitrogens with one attached hydrogen (secondary N) is 1. The van der Waals surface area contributed by atoms with E-state index in [4.69, 9.17) is 10.1 Å². The van der Waals surface area contributed by atoms with Crippen LogP contribution < -0.4 is 4.74 Å². The van der Waals surface area contributed by atoms with Gasteiger partial charge in [0.05, 0.1) is 16.2 Å². The molecule has 0 saturated carbocycles. The van der Waals surface area contributed by atoms with Crippen molar-refractivity contribution in [3.05, 3.63) is 117 Å². The van der Waals surface area contributed by atoms with Crippen LogP contribution in [0.25, 0.3) is 11.8 Å². The number of benzene rings is 3. The molecule has 2 aliphatic heterocycles. The number of nitrogens with zero attached hydrogens (tertiary/aromatic N) is 3. The number of carbonyl (C=O) groups excluding carboxylic acids is 1. The Hall–Kier alpha value is -4.50. The van der Waals surface area contributed by atoms with Crippen LogP contribution in [0.3, 0.4) is 0 Å². The number of hydrogen-bond donors (Lipinski definition) is 1. The minimum Gasteiger partial charge on any atom is -0.489 e. The summed E-state index contributed by atoms with van der Waals surface area (Å²) in [6.07, 6.45) is 1.63. The van der Waals surface area contributed by atoms with Gasteiger partial charge in [0.2, 0.25) is 0 Å². The number of amidine groups is 2. The van der Waals surface area contributed by atoms with Gasteiger partial charge in [0.25, 0.3) is 11.6 Å². The molecule has 3 aromatic carbocycles. The second-order valence-electron chi connectivity index (χ2n) is 7.71. The molecule has 0 atom stereocenters. The van der Waals surface area contributed by atoms with Gasteiger partial charge >= 0.3 is 0 Å². The van der Waals surface area contributed by atoms with Gasteiger partial charge in [-0.05, 0) is 47.0 Å². The first-order valence-corrected chi connectivity index (χ1v) is 11.5. The number of rotatable bonds is 6. The van der Waals surface area contributed by atoms with E-state index in [1.165, 1.54) is 23.9 Å². The fraction of sp³-hybridized carbons (Fsp3) is 0.0385. The van der Waals surface area contributed by atoms with Gasteiger partial charge in [-0.1, -0.05) is 54.2 Å². The Morgan fingerprint density at radius 3 is 2.57 bits per heavy atom. The molecule has 1 amide bonds. The summed E-state index contributed by atoms with van der Waals surface area (Å²) in [5.74, 6) is 0.171. The minimum absolute atomic E-state index is 0.0226. The van der Waals surface area contributed by atoms with Crippen molar-refractivity contribution in [3.8, 4) is 5.75 Å². The van der Waals surface area contributed by atoms with Crippen molar-refractivity contribution in [2.75, 3.05) is 0 Å². The maximum absolute atomic E-state index is 12.7. The number of nitro benzene ring substituents is 1. The molecule has 0 aromatic heterocycles. The van der Waals surface area contributed by atoms with Crippen LogP contribution in [0.1, 0.15) is 16.7 Å². The number of non-ortho nitro benzene ring substituents is 1. The van der Waals surface area contributed by atoms with Crippen LogP contribution in [0.15, 0.2) is 94.8 Å². The molecule has 0 fully saturated rings. The summed E-state index contributed by atoms with van der Waals surface area (Å²) in [6.45, 7) is 0.233. The highest BCUT2D eigenvalue weighted by molar-refractivity contribution is 8.17. The fourth-order valence-corrected chi connectivity index (χ4v) is 4.54. The number of ether oxygens (including phenoxy) is 1. The Kier molecular flexibility index (Phi) is 5.99. The summed E-state index contributed by atoms with van der Waals surface area (Å²) in [6, 6.07) is 23.0. The highest BCUT2D eigenvalue weighted by Crippen LogP contribution is 2.37. The lowest BCUT2D eigenvalue weighted by Gasteiger charge is -2.26. The molecule has 3 aromatic rings. The first kappa shape index (κ1) is 22.3. The average molecular weight is 483 g/mol. The molecular weight excluding hydrogens is 464 g/mol. The minimum atomic E-state index is -0.464. The summed E-state index contributed by atoms with van der Waals surface area (Å²) >= 11 is 1.32. The molecule has 1 N–H and O–H groups in total. The largest absolute Gasteiger partial charge is 0.489 e. The number of amides is 1. The summed E-state index contributed by atoms with van der Waals surface area (Å²) in [5.41, 5.74) is 3.43. The van der Waals surface area contributed by atoms with Crippen molar-refractivity contribution in [1.82, 2.24) is 4.90 Å². The third kappa shape index (κ3) is 4.62. The molecule has 0 radical (unpaired) electrons. The average Bonchev–Trinajstić information content (AvgIpc) is 3.30. The van der Waals surface area contributed by atoms with Gasteiger partial charge in [0.1, 0.15) is 18.2 Å². The van der Waals surface area contributed by atoms with E-state index in [0.717, 1.165) is 16.8 Å². The third-order valence-corrected chi connectivity index (χ3v) is 6.23. The van der Waals surface area contributed by atoms with E-state index in [2.05, 4.69) is 4.99 Å². The van der Waals surface area contributed by atoms with Crippen molar-refractivity contribution in [2.24, 2.45) is 4.99 Å². The normalized spacial score (nSPS) is 16.1. The highest BCUT2D eigenvalue weighted by atomic mass is 32.2. The van der Waals surface area contributed by atoms with E-state index in [-0.39, 0.29) is 23.7 Å². The van der Waals surface area contributed by atoms with Gasteiger partial charge in [-0.15, -0.1) is 0 Å². The van der Waals surface area contributed by atoms with Crippen molar-refractivity contribution in [2.45, 2.75) is 6.61 Å². The first-order chi connectivity index (χ1) is 17.0. The summed E-state index contributed by atoms with van der Waals surface area (Å²) < 4.78 is 5.83. The Labute approximate surface area is 204 Å². The van der Waals surface area contributed by atoms with Crippen molar-refractivity contribution < 1.29 is 14.5 Å². The van der Waals surface area contributed by atoms with Crippen LogP contribution in [0.5, 0.6) is 5.75 Å². The van der Waals surface area contributed by atoms with Crippen LogP contribution in [-0.2, 0) is 11.4 Å². The molecule has 0 bridgehead atoms. The Bertz CT molecular complexity index is 1430. The molecule has 2 aliphatic rings. The molecule has 0 unspecified atom stereocenters. The maximum atomic E-state index is 12.7. The molecule has 0 saturated heterocycles. The molecule has 35 heavy (non-hydrogen) atoms. The Balaban J connectivity index is 1.35. The predicted molar refractivity (Wildman–Crippen MR) is 136 cm³/mol. The van der Waals surface area contributed by atoms with Crippen LogP contribution in [-0.4, -0.2) is 26.7 Å². The van der Waals surface area contributed by atoms with E-state index in [1.807, 2.05) is 41.8 Å². The van der Waals surface area contributed by atoms with Gasteiger partial charge < -0.3 is 4.74 Å². The van der Waals surface area contributed by atoms with Crippen molar-refractivity contribution in [3.63, 3.8) is 0 Å². The monoisotopic (exact) mass is 482 g/mol. The quantitative estimate of drug-likeness (QED) is 0.283. The van der Waals surface area contributed by atoms with Gasteiger partial charge in [-0.3, -0.25) is 25.2 Å². The zero-order valence-corrected chi connectivity index (χ0v) is 19.1. The van der Waals surface area contributed by atoms with Gasteiger partial charge in [0.15, 0.2) is 5.17 Å². The molecule has 5 rings (SSSR count). The van der Waals surface area contributed by atoms with E-state index in [1.54, 1.807) is 41.3 Å². The van der Waals surface area contributed by atoms with Crippen molar-refractivity contribution in [1.29, 1.82) is 5.41 Å². The number of carbonyl (C=O) groups is 1. The highest BCUT2D eigenvalue weighted by Gasteiger charge is 2.36. The van der Waals surface area contributed by atoms with Crippen LogP contribution in [0, 0.1) is 15.5 Å². The lowest BCUT2D eigenvalue weighted by Crippen LogP contribution is -2.38. The number of hydrogen-bond acceptors (Lipinski definition) is 6. The smallest absolute Gasteiger partial charge is 0.283 e. The number of thioether (sulfide) groups is 1. The third-order valence-electron chi connectivity index (χ3n) is 5.41. The SMILES string of the molecule is N=C1C(=Cc2cccc(OCc3ccc([N+](=O)[O-])cc3)c2)C(=O)N=C2SC=C(c3ccccc3)N12. The van der Waals surface area contributed by atoms with E-state index in [9.17, 15) is 14.9 Å². The number of aliphatic imine (C=N–C) groups is 1. The molecule has 9 heteroatoms. The first-order valence-electron chi connectivity index (χ1n) is 10.6. The molecule has 0 aliphatic carbocycles. The lowest BCUT2D eigenvalue weighted by atomic mass is 10.1. The molecule has 0 spiro atoms. The van der Waals surface area contributed by atoms with Gasteiger partial charge in [0, 0.05) is 17.5 Å². The maximum Gasteiger partial charge on any atom is 0.283 e. The summed E-state index contributed by atoms with van der Waals surface area (Å²) in [7, 11) is 0. The standard InChI is InChI=1S/C26H18N4O4S/c27-24-22(25(31)28-26-29(24)23(16-35-26)19-6-2-1-3-7-19)14-18-5-4-8-21(13-18)34-15-17-9-11-20(12-10-17)30(32)33/h1-14,16,27H,15H2. The zero-order chi connectivity index (χ0) is 24.4. The summed E-state index contributed by atoms with van der Waals surface area (Å²) in [4.78, 5) is 29.0. The van der Waals surface area contributed by atoms with E-state index < -0.39 is 10.8 Å². The lowest BCUT2D eigenvalue weighted by molar-refractivity contribution is -0.384. The molecule has 2 heterocycles. The molecule has 172 valence electrons. The summed E-state index contributed by atoms with van der Waals surface area (Å²) in [5, 5.41) is 21.9. The van der Waals surface area contributed by atoms with E-state index >= 15 is 0 Å².